The standard InChI is InChI=1S/4C4H10.2C2H6/c4*1-4(2)3;2*1-2/h4*4H,1-3H3;2*1-2H3. The van der Waals surface area contributed by atoms with Gasteiger partial charge in [-0.05, 0) is 23.7 Å². The maximum absolute atomic E-state index is 2.17. The zero-order valence-electron chi connectivity index (χ0n) is 18.3. The van der Waals surface area contributed by atoms with E-state index in [2.05, 4.69) is 83.1 Å². The first-order chi connectivity index (χ1) is 8.93. The maximum Gasteiger partial charge on any atom is -0.0500 e. The minimum absolute atomic E-state index is 0.833. The Bertz CT molecular complexity index is 43.0. The van der Waals surface area contributed by atoms with Gasteiger partial charge in [0, 0.05) is 0 Å². The Labute approximate surface area is 135 Å². The monoisotopic (exact) mass is 292 g/mol. The van der Waals surface area contributed by atoms with Gasteiger partial charge in [-0.3, -0.25) is 0 Å². The first-order valence-corrected chi connectivity index (χ1v) is 8.93. The van der Waals surface area contributed by atoms with Crippen LogP contribution in [0, 0.1) is 23.7 Å². The molecule has 0 nitrogen and oxygen atoms in total. The lowest BCUT2D eigenvalue weighted by Gasteiger charge is -1.79. The van der Waals surface area contributed by atoms with Gasteiger partial charge in [0.1, 0.15) is 0 Å². The van der Waals surface area contributed by atoms with Crippen molar-refractivity contribution < 1.29 is 0 Å². The van der Waals surface area contributed by atoms with Gasteiger partial charge in [0.05, 0.1) is 0 Å². The van der Waals surface area contributed by atoms with Gasteiger partial charge in [-0.1, -0.05) is 111 Å². The van der Waals surface area contributed by atoms with Gasteiger partial charge in [0.15, 0.2) is 0 Å². The van der Waals surface area contributed by atoms with Gasteiger partial charge in [-0.2, -0.15) is 0 Å². The van der Waals surface area contributed by atoms with Crippen molar-refractivity contribution in [2.45, 2.75) is 111 Å². The van der Waals surface area contributed by atoms with Crippen molar-refractivity contribution in [3.05, 3.63) is 0 Å². The zero-order chi connectivity index (χ0) is 18.3. The van der Waals surface area contributed by atoms with Crippen LogP contribution < -0.4 is 0 Å². The van der Waals surface area contributed by atoms with Crippen LogP contribution in [0.5, 0.6) is 0 Å². The van der Waals surface area contributed by atoms with Gasteiger partial charge in [0.25, 0.3) is 0 Å². The van der Waals surface area contributed by atoms with Gasteiger partial charge in [-0.25, -0.2) is 0 Å². The number of hydrogen-bond donors (Lipinski definition) is 0. The predicted octanol–water partition coefficient (Wildman–Crippen LogP) is 8.70. The van der Waals surface area contributed by atoms with E-state index >= 15 is 0 Å². The first kappa shape index (κ1) is 36.8. The fourth-order valence-electron chi connectivity index (χ4n) is 0. The Kier molecular flexibility index (Phi) is 78.7. The molecule has 0 aliphatic carbocycles. The molecule has 0 rings (SSSR count). The molecule has 0 heteroatoms. The third-order valence-electron chi connectivity index (χ3n) is 0. The van der Waals surface area contributed by atoms with Crippen LogP contribution in [0.25, 0.3) is 0 Å². The molecule has 0 N–H and O–H groups in total. The highest BCUT2D eigenvalue weighted by molar-refractivity contribution is 4.21. The molecule has 132 valence electrons. The maximum atomic E-state index is 2.17. The highest BCUT2D eigenvalue weighted by Crippen LogP contribution is 1.82. The fraction of sp³-hybridized carbons (Fsp3) is 1.00. The summed E-state index contributed by atoms with van der Waals surface area (Å²) in [4.78, 5) is 0. The quantitative estimate of drug-likeness (QED) is 0.419. The average Bonchev–Trinajstić information content (AvgIpc) is 2.19. The molecule has 0 aliphatic heterocycles. The number of rotatable bonds is 0. The minimum Gasteiger partial charge on any atom is -0.0683 e. The molecule has 0 amide bonds. The van der Waals surface area contributed by atoms with E-state index in [0.29, 0.717) is 0 Å². The largest absolute Gasteiger partial charge is 0.0683 e. The Hall–Kier alpha value is 0. The summed E-state index contributed by atoms with van der Waals surface area (Å²) in [6.45, 7) is 34.0. The molecule has 0 saturated heterocycles. The predicted molar refractivity (Wildman–Crippen MR) is 105 cm³/mol. The summed E-state index contributed by atoms with van der Waals surface area (Å²) in [5, 5.41) is 0. The Balaban J connectivity index is -0.0000000301. The van der Waals surface area contributed by atoms with Crippen LogP contribution in [0.15, 0.2) is 0 Å². The van der Waals surface area contributed by atoms with Crippen LogP contribution >= 0.6 is 0 Å². The lowest BCUT2D eigenvalue weighted by molar-refractivity contribution is 0.736. The van der Waals surface area contributed by atoms with Crippen LogP contribution in [0.2, 0.25) is 0 Å². The lowest BCUT2D eigenvalue weighted by atomic mass is 10.3. The Morgan fingerprint density at radius 2 is 0.250 bits per heavy atom. The van der Waals surface area contributed by atoms with Crippen molar-refractivity contribution in [2.75, 3.05) is 0 Å². The topological polar surface area (TPSA) is 0 Å². The summed E-state index contributed by atoms with van der Waals surface area (Å²) in [6, 6.07) is 0. The second kappa shape index (κ2) is 42.8. The molecule has 0 radical (unpaired) electrons. The summed E-state index contributed by atoms with van der Waals surface area (Å²) in [5.41, 5.74) is 0. The highest BCUT2D eigenvalue weighted by atomic mass is 13.8. The molecule has 0 fully saturated rings. The summed E-state index contributed by atoms with van der Waals surface area (Å²) in [6.07, 6.45) is 0. The molecule has 0 spiro atoms. The van der Waals surface area contributed by atoms with Crippen molar-refractivity contribution in [3.63, 3.8) is 0 Å². The van der Waals surface area contributed by atoms with Gasteiger partial charge in [-0.15, -0.1) is 0 Å². The molecule has 0 heterocycles. The third kappa shape index (κ3) is 0. The molecule has 0 aromatic rings. The average molecular weight is 293 g/mol. The van der Waals surface area contributed by atoms with Crippen molar-refractivity contribution >= 4 is 0 Å². The Morgan fingerprint density at radius 3 is 0.250 bits per heavy atom. The van der Waals surface area contributed by atoms with Crippen molar-refractivity contribution in [1.29, 1.82) is 0 Å². The summed E-state index contributed by atoms with van der Waals surface area (Å²) in [7, 11) is 0. The molecule has 0 saturated carbocycles. The van der Waals surface area contributed by atoms with E-state index in [-0.39, 0.29) is 0 Å². The first-order valence-electron chi connectivity index (χ1n) is 8.93. The van der Waals surface area contributed by atoms with E-state index in [1.165, 1.54) is 0 Å². The van der Waals surface area contributed by atoms with Crippen LogP contribution in [-0.2, 0) is 0 Å². The molecule has 0 aromatic carbocycles. The highest BCUT2D eigenvalue weighted by Gasteiger charge is 1.69. The van der Waals surface area contributed by atoms with E-state index in [9.17, 15) is 0 Å². The van der Waals surface area contributed by atoms with Gasteiger partial charge < -0.3 is 0 Å². The third-order valence-corrected chi connectivity index (χ3v) is 0. The molecular weight excluding hydrogens is 240 g/mol. The lowest BCUT2D eigenvalue weighted by Crippen LogP contribution is -1.66. The molecule has 0 bridgehead atoms. The Morgan fingerprint density at radius 1 is 0.250 bits per heavy atom. The van der Waals surface area contributed by atoms with Gasteiger partial charge >= 0.3 is 0 Å². The summed E-state index contributed by atoms with van der Waals surface area (Å²) in [5.74, 6) is 3.33. The molecule has 0 unspecified atom stereocenters. The van der Waals surface area contributed by atoms with E-state index in [0.717, 1.165) is 23.7 Å². The molecule has 0 atom stereocenters. The van der Waals surface area contributed by atoms with Crippen LogP contribution in [0.4, 0.5) is 0 Å². The van der Waals surface area contributed by atoms with Crippen molar-refractivity contribution in [1.82, 2.24) is 0 Å². The SMILES string of the molecule is CC.CC.CC(C)C.CC(C)C.CC(C)C.CC(C)C. The van der Waals surface area contributed by atoms with Gasteiger partial charge in [0.2, 0.25) is 0 Å². The van der Waals surface area contributed by atoms with E-state index in [1.54, 1.807) is 0 Å². The molecule has 20 heavy (non-hydrogen) atoms. The summed E-state index contributed by atoms with van der Waals surface area (Å²) >= 11 is 0. The minimum atomic E-state index is 0.833. The molecule has 0 aromatic heterocycles. The normalized spacial score (nSPS) is 7.80. The van der Waals surface area contributed by atoms with Crippen molar-refractivity contribution in [3.8, 4) is 0 Å². The summed E-state index contributed by atoms with van der Waals surface area (Å²) < 4.78 is 0. The molecular formula is C20H52. The van der Waals surface area contributed by atoms with E-state index in [4.69, 9.17) is 0 Å². The van der Waals surface area contributed by atoms with Crippen LogP contribution in [0.1, 0.15) is 111 Å². The van der Waals surface area contributed by atoms with E-state index < -0.39 is 0 Å². The van der Waals surface area contributed by atoms with Crippen molar-refractivity contribution in [2.24, 2.45) is 23.7 Å². The second-order valence-electron chi connectivity index (χ2n) is 6.93. The van der Waals surface area contributed by atoms with Crippen LogP contribution in [-0.4, -0.2) is 0 Å². The second-order valence-corrected chi connectivity index (χ2v) is 6.93. The van der Waals surface area contributed by atoms with Crippen LogP contribution in [0.3, 0.4) is 0 Å². The zero-order valence-corrected chi connectivity index (χ0v) is 18.3. The smallest absolute Gasteiger partial charge is 0.0500 e. The van der Waals surface area contributed by atoms with E-state index in [1.807, 2.05) is 27.7 Å². The fourth-order valence-corrected chi connectivity index (χ4v) is 0. The number of hydrogen-bond acceptors (Lipinski definition) is 0. The molecule has 0 aliphatic rings.